The van der Waals surface area contributed by atoms with Crippen molar-refractivity contribution in [1.82, 2.24) is 0 Å². The summed E-state index contributed by atoms with van der Waals surface area (Å²) in [6, 6.07) is 5.79. The summed E-state index contributed by atoms with van der Waals surface area (Å²) in [5.74, 6) is 0.733. The summed E-state index contributed by atoms with van der Waals surface area (Å²) in [6.07, 6.45) is -3.15. The third-order valence-electron chi connectivity index (χ3n) is 2.59. The maximum atomic E-state index is 11.8. The van der Waals surface area contributed by atoms with Crippen molar-refractivity contribution in [3.63, 3.8) is 0 Å². The summed E-state index contributed by atoms with van der Waals surface area (Å²) >= 11 is 0. The molecule has 0 bridgehead atoms. The van der Waals surface area contributed by atoms with Crippen LogP contribution in [0.2, 0.25) is 0 Å². The molecule has 0 aliphatic rings. The summed E-state index contributed by atoms with van der Waals surface area (Å²) in [6.45, 7) is 1.63. The van der Waals surface area contributed by atoms with Gasteiger partial charge in [0.1, 0.15) is 12.4 Å². The Hall–Kier alpha value is -1.27. The molecule has 114 valence electrons. The highest BCUT2D eigenvalue weighted by Crippen LogP contribution is 2.20. The van der Waals surface area contributed by atoms with E-state index in [0.717, 1.165) is 16.9 Å². The fourth-order valence-corrected chi connectivity index (χ4v) is 1.73. The average molecular weight is 291 g/mol. The molecular formula is C14H20F3NO2. The zero-order valence-electron chi connectivity index (χ0n) is 11.5. The van der Waals surface area contributed by atoms with E-state index in [4.69, 9.17) is 10.5 Å². The number of hydrogen-bond donors (Lipinski definition) is 1. The topological polar surface area (TPSA) is 44.5 Å². The van der Waals surface area contributed by atoms with Gasteiger partial charge in [-0.25, -0.2) is 0 Å². The predicted octanol–water partition coefficient (Wildman–Crippen LogP) is 2.84. The van der Waals surface area contributed by atoms with Crippen LogP contribution in [0.4, 0.5) is 13.2 Å². The van der Waals surface area contributed by atoms with Crippen LogP contribution in [-0.4, -0.2) is 32.5 Å². The van der Waals surface area contributed by atoms with Crippen LogP contribution in [0.15, 0.2) is 18.2 Å². The van der Waals surface area contributed by atoms with Crippen LogP contribution in [0.1, 0.15) is 17.5 Å². The summed E-state index contributed by atoms with van der Waals surface area (Å²) in [7, 11) is 0. The van der Waals surface area contributed by atoms with E-state index in [1.165, 1.54) is 0 Å². The van der Waals surface area contributed by atoms with Gasteiger partial charge >= 0.3 is 6.18 Å². The smallest absolute Gasteiger partial charge is 0.411 e. The molecule has 0 fully saturated rings. The van der Waals surface area contributed by atoms with Gasteiger partial charge in [0.05, 0.1) is 13.2 Å². The number of nitrogens with two attached hydrogens (primary N) is 1. The molecule has 2 N–H and O–H groups in total. The van der Waals surface area contributed by atoms with Crippen molar-refractivity contribution in [2.75, 3.05) is 26.4 Å². The molecule has 0 saturated heterocycles. The largest absolute Gasteiger partial charge is 0.493 e. The lowest BCUT2D eigenvalue weighted by atomic mass is 10.1. The Morgan fingerprint density at radius 1 is 1.20 bits per heavy atom. The molecule has 0 atom stereocenters. The summed E-state index contributed by atoms with van der Waals surface area (Å²) in [5.41, 5.74) is 7.67. The third kappa shape index (κ3) is 6.77. The van der Waals surface area contributed by atoms with E-state index in [0.29, 0.717) is 26.0 Å². The second-order valence-corrected chi connectivity index (χ2v) is 4.52. The van der Waals surface area contributed by atoms with Gasteiger partial charge in [0.15, 0.2) is 0 Å². The van der Waals surface area contributed by atoms with E-state index >= 15 is 0 Å². The maximum Gasteiger partial charge on any atom is 0.411 e. The Kier molecular flexibility index (Phi) is 6.81. The highest BCUT2D eigenvalue weighted by atomic mass is 19.4. The van der Waals surface area contributed by atoms with Crippen LogP contribution in [0.25, 0.3) is 0 Å². The second-order valence-electron chi connectivity index (χ2n) is 4.52. The molecule has 0 aromatic heterocycles. The van der Waals surface area contributed by atoms with Crippen molar-refractivity contribution in [2.45, 2.75) is 25.9 Å². The summed E-state index contributed by atoms with van der Waals surface area (Å²) in [5, 5.41) is 0. The third-order valence-corrected chi connectivity index (χ3v) is 2.59. The van der Waals surface area contributed by atoms with Crippen LogP contribution < -0.4 is 10.5 Å². The van der Waals surface area contributed by atoms with Crippen LogP contribution in [0.5, 0.6) is 5.75 Å². The zero-order valence-corrected chi connectivity index (χ0v) is 11.5. The molecule has 0 saturated carbocycles. The lowest BCUT2D eigenvalue weighted by Gasteiger charge is -2.12. The first-order chi connectivity index (χ1) is 9.42. The first-order valence-corrected chi connectivity index (χ1v) is 6.49. The Bertz CT molecular complexity index is 408. The lowest BCUT2D eigenvalue weighted by molar-refractivity contribution is -0.174. The number of aryl methyl sites for hydroxylation is 1. The van der Waals surface area contributed by atoms with Gasteiger partial charge in [-0.05, 0) is 31.5 Å². The minimum absolute atomic E-state index is 0.0254. The fraction of sp³-hybridized carbons (Fsp3) is 0.571. The van der Waals surface area contributed by atoms with Crippen molar-refractivity contribution in [1.29, 1.82) is 0 Å². The number of ether oxygens (including phenoxy) is 2. The van der Waals surface area contributed by atoms with Crippen LogP contribution in [0, 0.1) is 6.92 Å². The normalized spacial score (nSPS) is 11.7. The fourth-order valence-electron chi connectivity index (χ4n) is 1.73. The van der Waals surface area contributed by atoms with Gasteiger partial charge < -0.3 is 15.2 Å². The Morgan fingerprint density at radius 2 is 1.95 bits per heavy atom. The summed E-state index contributed by atoms with van der Waals surface area (Å²) in [4.78, 5) is 0. The highest BCUT2D eigenvalue weighted by molar-refractivity contribution is 5.37. The molecule has 0 spiro atoms. The molecule has 20 heavy (non-hydrogen) atoms. The van der Waals surface area contributed by atoms with E-state index < -0.39 is 12.8 Å². The molecule has 1 rings (SSSR count). The number of rotatable bonds is 8. The van der Waals surface area contributed by atoms with E-state index in [2.05, 4.69) is 4.74 Å². The summed E-state index contributed by atoms with van der Waals surface area (Å²) < 4.78 is 45.6. The van der Waals surface area contributed by atoms with Gasteiger partial charge in [-0.15, -0.1) is 0 Å². The monoisotopic (exact) mass is 291 g/mol. The molecule has 0 unspecified atom stereocenters. The van der Waals surface area contributed by atoms with Crippen molar-refractivity contribution in [3.05, 3.63) is 29.3 Å². The minimum atomic E-state index is -4.27. The molecule has 6 heteroatoms. The molecule has 3 nitrogen and oxygen atoms in total. The van der Waals surface area contributed by atoms with Gasteiger partial charge in [-0.3, -0.25) is 0 Å². The van der Waals surface area contributed by atoms with Crippen molar-refractivity contribution < 1.29 is 22.6 Å². The quantitative estimate of drug-likeness (QED) is 0.749. The molecular weight excluding hydrogens is 271 g/mol. The number of halogens is 3. The first-order valence-electron chi connectivity index (χ1n) is 6.49. The zero-order chi connectivity index (χ0) is 15.0. The van der Waals surface area contributed by atoms with Gasteiger partial charge in [0.2, 0.25) is 0 Å². The van der Waals surface area contributed by atoms with Gasteiger partial charge in [0, 0.05) is 6.42 Å². The van der Waals surface area contributed by atoms with Crippen molar-refractivity contribution >= 4 is 0 Å². The molecule has 0 heterocycles. The SMILES string of the molecule is Cc1ccc(OCCCOCC(F)(F)F)c(CCN)c1. The molecule has 1 aromatic carbocycles. The number of hydrogen-bond acceptors (Lipinski definition) is 3. The molecule has 1 aromatic rings. The molecule has 0 amide bonds. The molecule has 0 aliphatic carbocycles. The van der Waals surface area contributed by atoms with E-state index in [1.54, 1.807) is 0 Å². The molecule has 0 radical (unpaired) electrons. The van der Waals surface area contributed by atoms with E-state index in [9.17, 15) is 13.2 Å². The Balaban J connectivity index is 2.31. The van der Waals surface area contributed by atoms with Crippen LogP contribution >= 0.6 is 0 Å². The standard InChI is InChI=1S/C14H20F3NO2/c1-11-3-4-13(12(9-11)5-6-18)20-8-2-7-19-10-14(15,16)17/h3-4,9H,2,5-8,10,18H2,1H3. The Labute approximate surface area is 116 Å². The Morgan fingerprint density at radius 3 is 2.60 bits per heavy atom. The highest BCUT2D eigenvalue weighted by Gasteiger charge is 2.27. The van der Waals surface area contributed by atoms with Crippen LogP contribution in [0.3, 0.4) is 0 Å². The van der Waals surface area contributed by atoms with Crippen molar-refractivity contribution in [3.8, 4) is 5.75 Å². The van der Waals surface area contributed by atoms with E-state index in [1.807, 2.05) is 25.1 Å². The average Bonchev–Trinajstić information content (AvgIpc) is 2.35. The first kappa shape index (κ1) is 16.8. The van der Waals surface area contributed by atoms with Gasteiger partial charge in [0.25, 0.3) is 0 Å². The molecule has 0 aliphatic heterocycles. The maximum absolute atomic E-state index is 11.8. The number of benzene rings is 1. The second kappa shape index (κ2) is 8.11. The van der Waals surface area contributed by atoms with Crippen LogP contribution in [-0.2, 0) is 11.2 Å². The number of alkyl halides is 3. The van der Waals surface area contributed by atoms with Gasteiger partial charge in [-0.1, -0.05) is 17.7 Å². The van der Waals surface area contributed by atoms with Gasteiger partial charge in [-0.2, -0.15) is 13.2 Å². The lowest BCUT2D eigenvalue weighted by Crippen LogP contribution is -2.18. The van der Waals surface area contributed by atoms with Crippen molar-refractivity contribution in [2.24, 2.45) is 5.73 Å². The predicted molar refractivity (Wildman–Crippen MR) is 70.9 cm³/mol. The minimum Gasteiger partial charge on any atom is -0.493 e. The van der Waals surface area contributed by atoms with E-state index in [-0.39, 0.29) is 6.61 Å².